The van der Waals surface area contributed by atoms with Crippen molar-refractivity contribution in [2.75, 3.05) is 0 Å². The van der Waals surface area contributed by atoms with E-state index in [9.17, 15) is 14.3 Å². The van der Waals surface area contributed by atoms with Gasteiger partial charge in [0, 0.05) is 17.5 Å². The Labute approximate surface area is 154 Å². The van der Waals surface area contributed by atoms with Crippen LogP contribution in [0.25, 0.3) is 11.3 Å². The molecule has 6 nitrogen and oxygen atoms in total. The summed E-state index contributed by atoms with van der Waals surface area (Å²) in [5.74, 6) is -0.0317. The fraction of sp³-hybridized carbons (Fsp3) is 0.150. The number of aromatic nitrogens is 1. The Balaban J connectivity index is 2.04. The van der Waals surface area contributed by atoms with Crippen molar-refractivity contribution in [2.24, 2.45) is 0 Å². The van der Waals surface area contributed by atoms with Gasteiger partial charge in [0.25, 0.3) is 0 Å². The average molecular weight is 365 g/mol. The topological polar surface area (TPSA) is 99.2 Å². The minimum atomic E-state index is -1.23. The maximum atomic E-state index is 14.1. The minimum absolute atomic E-state index is 0.101. The summed E-state index contributed by atoms with van der Waals surface area (Å²) in [4.78, 5) is 11.3. The fourth-order valence-electron chi connectivity index (χ4n) is 2.95. The summed E-state index contributed by atoms with van der Waals surface area (Å²) < 4.78 is 19.5. The standard InChI is InChI=1S/C20H16FN3O3/c1-12-18(19(27-24-12)14-8-6-13(11-22)7-9-14)17(23-20(25)26)10-15-4-2-3-5-16(15)21/h2-9,17,23H,10H2,1H3,(H,25,26)/t17-/m1/s1. The fourth-order valence-corrected chi connectivity index (χ4v) is 2.95. The molecule has 0 aliphatic rings. The van der Waals surface area contributed by atoms with Gasteiger partial charge in [0.2, 0.25) is 0 Å². The van der Waals surface area contributed by atoms with Crippen LogP contribution in [0.4, 0.5) is 9.18 Å². The van der Waals surface area contributed by atoms with Crippen molar-refractivity contribution in [1.82, 2.24) is 10.5 Å². The molecule has 0 saturated heterocycles. The van der Waals surface area contributed by atoms with Crippen molar-refractivity contribution in [3.05, 3.63) is 76.7 Å². The van der Waals surface area contributed by atoms with Crippen LogP contribution in [0.3, 0.4) is 0 Å². The van der Waals surface area contributed by atoms with Crippen LogP contribution in [-0.2, 0) is 6.42 Å². The first kappa shape index (κ1) is 18.1. The van der Waals surface area contributed by atoms with Crippen LogP contribution in [0, 0.1) is 24.1 Å². The van der Waals surface area contributed by atoms with Gasteiger partial charge in [-0.1, -0.05) is 23.4 Å². The molecule has 7 heteroatoms. The predicted molar refractivity (Wildman–Crippen MR) is 95.4 cm³/mol. The first-order valence-corrected chi connectivity index (χ1v) is 8.19. The van der Waals surface area contributed by atoms with Gasteiger partial charge in [0.15, 0.2) is 5.76 Å². The molecule has 0 aliphatic heterocycles. The molecule has 0 saturated carbocycles. The van der Waals surface area contributed by atoms with E-state index >= 15 is 0 Å². The van der Waals surface area contributed by atoms with E-state index < -0.39 is 18.0 Å². The third-order valence-electron chi connectivity index (χ3n) is 4.21. The Kier molecular flexibility index (Phi) is 5.18. The van der Waals surface area contributed by atoms with Crippen LogP contribution in [0.5, 0.6) is 0 Å². The molecular formula is C20H16FN3O3. The number of halogens is 1. The third kappa shape index (κ3) is 3.96. The molecule has 0 radical (unpaired) electrons. The van der Waals surface area contributed by atoms with E-state index in [1.807, 2.05) is 6.07 Å². The van der Waals surface area contributed by atoms with E-state index in [-0.39, 0.29) is 6.42 Å². The van der Waals surface area contributed by atoms with E-state index in [4.69, 9.17) is 9.78 Å². The molecular weight excluding hydrogens is 349 g/mol. The molecule has 0 unspecified atom stereocenters. The first-order chi connectivity index (χ1) is 13.0. The van der Waals surface area contributed by atoms with E-state index in [1.54, 1.807) is 49.4 Å². The van der Waals surface area contributed by atoms with Gasteiger partial charge in [0.05, 0.1) is 23.4 Å². The number of hydrogen-bond acceptors (Lipinski definition) is 4. The van der Waals surface area contributed by atoms with Crippen molar-refractivity contribution >= 4 is 6.09 Å². The summed E-state index contributed by atoms with van der Waals surface area (Å²) in [6, 6.07) is 14.1. The van der Waals surface area contributed by atoms with Crippen LogP contribution < -0.4 is 5.32 Å². The molecule has 3 rings (SSSR count). The highest BCUT2D eigenvalue weighted by Crippen LogP contribution is 2.33. The molecule has 1 amide bonds. The Morgan fingerprint density at radius 2 is 2.00 bits per heavy atom. The number of benzene rings is 2. The number of rotatable bonds is 5. The molecule has 3 aromatic rings. The Morgan fingerprint density at radius 3 is 2.63 bits per heavy atom. The highest BCUT2D eigenvalue weighted by molar-refractivity contribution is 5.68. The van der Waals surface area contributed by atoms with Crippen LogP contribution >= 0.6 is 0 Å². The number of nitrogens with one attached hydrogen (secondary N) is 1. The van der Waals surface area contributed by atoms with Gasteiger partial charge >= 0.3 is 6.09 Å². The molecule has 0 bridgehead atoms. The van der Waals surface area contributed by atoms with E-state index in [0.29, 0.717) is 33.7 Å². The first-order valence-electron chi connectivity index (χ1n) is 8.19. The van der Waals surface area contributed by atoms with Crippen LogP contribution in [0.15, 0.2) is 53.1 Å². The molecule has 2 aromatic carbocycles. The van der Waals surface area contributed by atoms with E-state index in [0.717, 1.165) is 0 Å². The van der Waals surface area contributed by atoms with Crippen molar-refractivity contribution in [1.29, 1.82) is 5.26 Å². The summed E-state index contributed by atoms with van der Waals surface area (Å²) >= 11 is 0. The lowest BCUT2D eigenvalue weighted by atomic mass is 9.94. The zero-order valence-corrected chi connectivity index (χ0v) is 14.4. The van der Waals surface area contributed by atoms with E-state index in [1.165, 1.54) is 6.07 Å². The zero-order valence-electron chi connectivity index (χ0n) is 14.4. The highest BCUT2D eigenvalue weighted by atomic mass is 19.1. The van der Waals surface area contributed by atoms with Crippen molar-refractivity contribution in [2.45, 2.75) is 19.4 Å². The molecule has 0 aliphatic carbocycles. The Hall–Kier alpha value is -3.66. The van der Waals surface area contributed by atoms with E-state index in [2.05, 4.69) is 10.5 Å². The lowest BCUT2D eigenvalue weighted by molar-refractivity contribution is 0.189. The molecule has 1 atom stereocenters. The second-order valence-electron chi connectivity index (χ2n) is 6.00. The van der Waals surface area contributed by atoms with Gasteiger partial charge < -0.3 is 14.9 Å². The number of carbonyl (C=O) groups is 1. The molecule has 136 valence electrons. The Morgan fingerprint density at radius 1 is 1.30 bits per heavy atom. The van der Waals surface area contributed by atoms with Crippen LogP contribution in [-0.4, -0.2) is 16.4 Å². The van der Waals surface area contributed by atoms with Crippen molar-refractivity contribution in [3.63, 3.8) is 0 Å². The number of aryl methyl sites for hydroxylation is 1. The van der Waals surface area contributed by atoms with Crippen molar-refractivity contribution in [3.8, 4) is 17.4 Å². The lowest BCUT2D eigenvalue weighted by Gasteiger charge is -2.18. The summed E-state index contributed by atoms with van der Waals surface area (Å²) in [6.45, 7) is 1.70. The van der Waals surface area contributed by atoms with Crippen LogP contribution in [0.2, 0.25) is 0 Å². The monoisotopic (exact) mass is 365 g/mol. The van der Waals surface area contributed by atoms with Gasteiger partial charge in [-0.25, -0.2) is 9.18 Å². The third-order valence-corrected chi connectivity index (χ3v) is 4.21. The Bertz CT molecular complexity index is 1010. The number of nitrogens with zero attached hydrogens (tertiary/aromatic N) is 2. The quantitative estimate of drug-likeness (QED) is 0.705. The normalized spacial score (nSPS) is 11.6. The highest BCUT2D eigenvalue weighted by Gasteiger charge is 2.26. The smallest absolute Gasteiger partial charge is 0.405 e. The largest absolute Gasteiger partial charge is 0.465 e. The second kappa shape index (κ2) is 7.70. The minimum Gasteiger partial charge on any atom is -0.465 e. The molecule has 27 heavy (non-hydrogen) atoms. The summed E-state index contributed by atoms with van der Waals surface area (Å²) in [7, 11) is 0. The maximum absolute atomic E-state index is 14.1. The zero-order chi connectivity index (χ0) is 19.4. The molecule has 2 N–H and O–H groups in total. The van der Waals surface area contributed by atoms with Gasteiger partial charge in [-0.3, -0.25) is 0 Å². The van der Waals surface area contributed by atoms with Gasteiger partial charge in [-0.15, -0.1) is 0 Å². The lowest BCUT2D eigenvalue weighted by Crippen LogP contribution is -2.29. The predicted octanol–water partition coefficient (Wildman–Crippen LogP) is 4.21. The number of amides is 1. The summed E-state index contributed by atoms with van der Waals surface area (Å²) in [6.07, 6.45) is -1.13. The van der Waals surface area contributed by atoms with Gasteiger partial charge in [-0.05, 0) is 42.8 Å². The molecule has 1 aromatic heterocycles. The molecule has 0 spiro atoms. The average Bonchev–Trinajstić information content (AvgIpc) is 3.04. The summed E-state index contributed by atoms with van der Waals surface area (Å²) in [5.41, 5.74) is 2.55. The number of hydrogen-bond donors (Lipinski definition) is 2. The second-order valence-corrected chi connectivity index (χ2v) is 6.00. The summed E-state index contributed by atoms with van der Waals surface area (Å²) in [5, 5.41) is 24.6. The number of nitriles is 1. The van der Waals surface area contributed by atoms with Gasteiger partial charge in [-0.2, -0.15) is 5.26 Å². The number of carboxylic acid groups (broad SMARTS) is 1. The van der Waals surface area contributed by atoms with Crippen molar-refractivity contribution < 1.29 is 18.8 Å². The van der Waals surface area contributed by atoms with Crippen LogP contribution in [0.1, 0.15) is 28.4 Å². The molecule has 1 heterocycles. The maximum Gasteiger partial charge on any atom is 0.405 e. The van der Waals surface area contributed by atoms with Gasteiger partial charge in [0.1, 0.15) is 5.82 Å². The SMILES string of the molecule is Cc1noc(-c2ccc(C#N)cc2)c1[C@@H](Cc1ccccc1F)NC(=O)O. The molecule has 0 fully saturated rings.